The molecule has 0 saturated heterocycles. The molecule has 0 amide bonds. The predicted molar refractivity (Wildman–Crippen MR) is 69.8 cm³/mol. The van der Waals surface area contributed by atoms with Gasteiger partial charge in [0.2, 0.25) is 5.88 Å². The Morgan fingerprint density at radius 2 is 1.83 bits per heavy atom. The maximum absolute atomic E-state index is 9.19. The number of hydrogen-bond donors (Lipinski definition) is 2. The summed E-state index contributed by atoms with van der Waals surface area (Å²) in [7, 11) is -1.64. The fourth-order valence-corrected chi connectivity index (χ4v) is 1.61. The van der Waals surface area contributed by atoms with Crippen LogP contribution in [0.3, 0.4) is 0 Å². The Bertz CT molecular complexity index is 522. The molecule has 92 valence electrons. The zero-order valence-electron chi connectivity index (χ0n) is 9.45. The quantitative estimate of drug-likeness (QED) is 0.638. The van der Waals surface area contributed by atoms with Crippen LogP contribution < -0.4 is 10.2 Å². The van der Waals surface area contributed by atoms with Gasteiger partial charge in [0, 0.05) is 5.46 Å². The fourth-order valence-electron chi connectivity index (χ4n) is 1.47. The minimum Gasteiger partial charge on any atom is -0.473 e. The molecule has 0 aliphatic rings. The number of benzene rings is 1. The third-order valence-corrected chi connectivity index (χ3v) is 2.56. The molecule has 18 heavy (non-hydrogen) atoms. The molecular weight excluding hydrogens is 252 g/mol. The molecular formula is C12H11BClNO3. The molecule has 0 unspecified atom stereocenters. The Labute approximate surface area is 110 Å². The highest BCUT2D eigenvalue weighted by atomic mass is 35.5. The van der Waals surface area contributed by atoms with Crippen LogP contribution in [0.2, 0.25) is 5.15 Å². The maximum atomic E-state index is 9.19. The Morgan fingerprint density at radius 3 is 2.50 bits per heavy atom. The van der Waals surface area contributed by atoms with Gasteiger partial charge in [0.25, 0.3) is 0 Å². The molecule has 4 nitrogen and oxygen atoms in total. The average Bonchev–Trinajstić information content (AvgIpc) is 2.37. The van der Waals surface area contributed by atoms with Gasteiger partial charge in [-0.25, -0.2) is 4.98 Å². The Hall–Kier alpha value is -1.56. The number of halogens is 1. The van der Waals surface area contributed by atoms with E-state index in [1.807, 2.05) is 30.3 Å². The number of ether oxygens (including phenoxy) is 1. The first-order valence-corrected chi connectivity index (χ1v) is 5.74. The molecule has 1 aromatic carbocycles. The topological polar surface area (TPSA) is 62.6 Å². The van der Waals surface area contributed by atoms with Crippen molar-refractivity contribution in [3.63, 3.8) is 0 Å². The van der Waals surface area contributed by atoms with Gasteiger partial charge in [-0.1, -0.05) is 48.0 Å². The fraction of sp³-hybridized carbons (Fsp3) is 0.0833. The van der Waals surface area contributed by atoms with Crippen molar-refractivity contribution in [1.29, 1.82) is 0 Å². The van der Waals surface area contributed by atoms with Gasteiger partial charge in [-0.3, -0.25) is 0 Å². The van der Waals surface area contributed by atoms with Crippen LogP contribution in [0.4, 0.5) is 0 Å². The largest absolute Gasteiger partial charge is 0.494 e. The third-order valence-electron chi connectivity index (χ3n) is 2.35. The van der Waals surface area contributed by atoms with E-state index in [0.717, 1.165) is 5.56 Å². The highest BCUT2D eigenvalue weighted by Gasteiger charge is 2.18. The normalized spacial score (nSPS) is 10.2. The van der Waals surface area contributed by atoms with Crippen molar-refractivity contribution in [1.82, 2.24) is 4.98 Å². The Balaban J connectivity index is 2.15. The van der Waals surface area contributed by atoms with Gasteiger partial charge in [0.05, 0.1) is 0 Å². The first-order valence-electron chi connectivity index (χ1n) is 5.36. The monoisotopic (exact) mass is 263 g/mol. The van der Waals surface area contributed by atoms with E-state index in [-0.39, 0.29) is 23.1 Å². The lowest BCUT2D eigenvalue weighted by molar-refractivity contribution is 0.294. The van der Waals surface area contributed by atoms with Crippen LogP contribution >= 0.6 is 11.6 Å². The van der Waals surface area contributed by atoms with Crippen molar-refractivity contribution in [2.45, 2.75) is 6.61 Å². The summed E-state index contributed by atoms with van der Waals surface area (Å²) in [4.78, 5) is 3.93. The van der Waals surface area contributed by atoms with E-state index in [0.29, 0.717) is 0 Å². The molecule has 2 N–H and O–H groups in total. The van der Waals surface area contributed by atoms with Crippen LogP contribution in [-0.2, 0) is 6.61 Å². The summed E-state index contributed by atoms with van der Waals surface area (Å²) >= 11 is 5.75. The second-order valence-electron chi connectivity index (χ2n) is 3.68. The second kappa shape index (κ2) is 5.86. The number of aromatic nitrogens is 1. The standard InChI is InChI=1S/C12H11BClNO3/c14-11-7-6-10(13(16)17)12(15-11)18-8-9-4-2-1-3-5-9/h1-7,16-17H,8H2. The maximum Gasteiger partial charge on any atom is 0.494 e. The lowest BCUT2D eigenvalue weighted by Gasteiger charge is -2.10. The molecule has 1 heterocycles. The van der Waals surface area contributed by atoms with Gasteiger partial charge in [0.1, 0.15) is 11.8 Å². The smallest absolute Gasteiger partial charge is 0.473 e. The summed E-state index contributed by atoms with van der Waals surface area (Å²) in [6, 6.07) is 12.5. The van der Waals surface area contributed by atoms with Gasteiger partial charge < -0.3 is 14.8 Å². The first-order chi connectivity index (χ1) is 8.66. The van der Waals surface area contributed by atoms with Crippen LogP contribution in [0.1, 0.15) is 5.56 Å². The minimum absolute atomic E-state index is 0.126. The number of rotatable bonds is 4. The van der Waals surface area contributed by atoms with Crippen molar-refractivity contribution < 1.29 is 14.8 Å². The van der Waals surface area contributed by atoms with Crippen molar-refractivity contribution in [3.8, 4) is 5.88 Å². The second-order valence-corrected chi connectivity index (χ2v) is 4.06. The highest BCUT2D eigenvalue weighted by molar-refractivity contribution is 6.59. The summed E-state index contributed by atoms with van der Waals surface area (Å²) in [5.41, 5.74) is 1.15. The van der Waals surface area contributed by atoms with Crippen LogP contribution in [0.5, 0.6) is 5.88 Å². The summed E-state index contributed by atoms with van der Waals surface area (Å²) in [6.45, 7) is 0.286. The molecule has 0 spiro atoms. The molecule has 0 radical (unpaired) electrons. The number of nitrogens with zero attached hydrogens (tertiary/aromatic N) is 1. The van der Waals surface area contributed by atoms with Gasteiger partial charge in [-0.05, 0) is 11.6 Å². The van der Waals surface area contributed by atoms with Gasteiger partial charge in [-0.15, -0.1) is 0 Å². The third kappa shape index (κ3) is 3.23. The van der Waals surface area contributed by atoms with Crippen molar-refractivity contribution in [3.05, 3.63) is 53.2 Å². The molecule has 0 aliphatic heterocycles. The van der Waals surface area contributed by atoms with Crippen LogP contribution in [0, 0.1) is 0 Å². The molecule has 0 aliphatic carbocycles. The lowest BCUT2D eigenvalue weighted by atomic mass is 9.81. The van der Waals surface area contributed by atoms with E-state index in [9.17, 15) is 10.0 Å². The van der Waals surface area contributed by atoms with E-state index in [1.165, 1.54) is 12.1 Å². The van der Waals surface area contributed by atoms with Gasteiger partial charge >= 0.3 is 7.12 Å². The molecule has 2 rings (SSSR count). The molecule has 0 bridgehead atoms. The molecule has 0 fully saturated rings. The number of pyridine rings is 1. The van der Waals surface area contributed by atoms with E-state index in [2.05, 4.69) is 4.98 Å². The molecule has 0 atom stereocenters. The summed E-state index contributed by atoms with van der Waals surface area (Å²) in [6.07, 6.45) is 0. The minimum atomic E-state index is -1.64. The SMILES string of the molecule is OB(O)c1ccc(Cl)nc1OCc1ccccc1. The van der Waals surface area contributed by atoms with Crippen LogP contribution in [-0.4, -0.2) is 22.2 Å². The highest BCUT2D eigenvalue weighted by Crippen LogP contribution is 2.12. The van der Waals surface area contributed by atoms with Crippen molar-refractivity contribution >= 4 is 24.2 Å². The summed E-state index contributed by atoms with van der Waals surface area (Å²) in [5.74, 6) is 0.126. The van der Waals surface area contributed by atoms with Crippen LogP contribution in [0.15, 0.2) is 42.5 Å². The van der Waals surface area contributed by atoms with E-state index < -0.39 is 7.12 Å². The molecule has 6 heteroatoms. The molecule has 1 aromatic heterocycles. The van der Waals surface area contributed by atoms with E-state index in [1.54, 1.807) is 0 Å². The summed E-state index contributed by atoms with van der Waals surface area (Å²) in [5, 5.41) is 18.6. The predicted octanol–water partition coefficient (Wildman–Crippen LogP) is 0.994. The lowest BCUT2D eigenvalue weighted by Crippen LogP contribution is -2.32. The van der Waals surface area contributed by atoms with Crippen molar-refractivity contribution in [2.24, 2.45) is 0 Å². The first kappa shape index (κ1) is 12.9. The average molecular weight is 263 g/mol. The van der Waals surface area contributed by atoms with Gasteiger partial charge in [0.15, 0.2) is 0 Å². The Kier molecular flexibility index (Phi) is 4.20. The molecule has 0 saturated carbocycles. The Morgan fingerprint density at radius 1 is 1.11 bits per heavy atom. The van der Waals surface area contributed by atoms with Crippen LogP contribution in [0.25, 0.3) is 0 Å². The van der Waals surface area contributed by atoms with Gasteiger partial charge in [-0.2, -0.15) is 0 Å². The van der Waals surface area contributed by atoms with E-state index in [4.69, 9.17) is 16.3 Å². The zero-order valence-corrected chi connectivity index (χ0v) is 10.2. The zero-order chi connectivity index (χ0) is 13.0. The number of hydrogen-bond acceptors (Lipinski definition) is 4. The van der Waals surface area contributed by atoms with Crippen molar-refractivity contribution in [2.75, 3.05) is 0 Å². The molecule has 2 aromatic rings. The van der Waals surface area contributed by atoms with E-state index >= 15 is 0 Å². The summed E-state index contributed by atoms with van der Waals surface area (Å²) < 4.78 is 5.45.